The summed E-state index contributed by atoms with van der Waals surface area (Å²) in [6.07, 6.45) is 20.6. The number of rotatable bonds is 6. The van der Waals surface area contributed by atoms with Crippen LogP contribution in [0.5, 0.6) is 0 Å². The van der Waals surface area contributed by atoms with Crippen molar-refractivity contribution in [3.05, 3.63) is 97.5 Å². The molecular weight excluding hydrogens is 359 g/mol. The van der Waals surface area contributed by atoms with E-state index in [2.05, 4.69) is 23.8 Å². The molecule has 0 saturated carbocycles. The molecule has 0 heterocycles. The molecule has 2 aliphatic rings. The van der Waals surface area contributed by atoms with Crippen LogP contribution in [0.4, 0.5) is 0 Å². The predicted octanol–water partition coefficient (Wildman–Crippen LogP) is 2.68. The van der Waals surface area contributed by atoms with Crippen LogP contribution in [0, 0.1) is 0 Å². The van der Waals surface area contributed by atoms with E-state index in [0.29, 0.717) is 24.2 Å². The summed E-state index contributed by atoms with van der Waals surface area (Å²) in [4.78, 5) is 22.2. The SMILES string of the molecule is C=CCNC=C1C=CC=CC1=O.C=CCNC=C1C=CC=CC1=O.[Ni]. The van der Waals surface area contributed by atoms with Gasteiger partial charge in [0.15, 0.2) is 11.6 Å². The minimum atomic E-state index is 0. The fourth-order valence-electron chi connectivity index (χ4n) is 1.70. The van der Waals surface area contributed by atoms with E-state index in [1.165, 1.54) is 0 Å². The van der Waals surface area contributed by atoms with Gasteiger partial charge in [-0.2, -0.15) is 0 Å². The topological polar surface area (TPSA) is 58.2 Å². The molecular formula is C20H22N2NiO2. The van der Waals surface area contributed by atoms with Gasteiger partial charge in [-0.25, -0.2) is 0 Å². The fourth-order valence-corrected chi connectivity index (χ4v) is 1.70. The Kier molecular flexibility index (Phi) is 12.3. The second kappa shape index (κ2) is 13.8. The zero-order valence-electron chi connectivity index (χ0n) is 13.9. The Bertz CT molecular complexity index is 607. The molecule has 0 radical (unpaired) electrons. The molecule has 0 aromatic heterocycles. The smallest absolute Gasteiger partial charge is 0.187 e. The Morgan fingerprint density at radius 1 is 0.720 bits per heavy atom. The molecule has 2 aliphatic carbocycles. The normalized spacial score (nSPS) is 17.6. The summed E-state index contributed by atoms with van der Waals surface area (Å²) >= 11 is 0. The van der Waals surface area contributed by atoms with Crippen LogP contribution in [-0.4, -0.2) is 24.7 Å². The maximum absolute atomic E-state index is 11.1. The summed E-state index contributed by atoms with van der Waals surface area (Å²) in [6.45, 7) is 8.46. The van der Waals surface area contributed by atoms with E-state index in [0.717, 1.165) is 0 Å². The number of hydrogen-bond donors (Lipinski definition) is 2. The van der Waals surface area contributed by atoms with Gasteiger partial charge in [-0.05, 0) is 24.3 Å². The van der Waals surface area contributed by atoms with E-state index >= 15 is 0 Å². The Labute approximate surface area is 159 Å². The third kappa shape index (κ3) is 9.28. The van der Waals surface area contributed by atoms with E-state index in [1.807, 2.05) is 12.2 Å². The van der Waals surface area contributed by atoms with Crippen LogP contribution < -0.4 is 10.6 Å². The van der Waals surface area contributed by atoms with Crippen molar-refractivity contribution in [3.63, 3.8) is 0 Å². The maximum atomic E-state index is 11.1. The summed E-state index contributed by atoms with van der Waals surface area (Å²) in [7, 11) is 0. The molecule has 0 aliphatic heterocycles. The quantitative estimate of drug-likeness (QED) is 0.322. The first-order valence-electron chi connectivity index (χ1n) is 7.56. The first-order chi connectivity index (χ1) is 11.7. The molecule has 0 bridgehead atoms. The van der Waals surface area contributed by atoms with Crippen molar-refractivity contribution in [1.82, 2.24) is 10.6 Å². The van der Waals surface area contributed by atoms with Gasteiger partial charge in [-0.3, -0.25) is 9.59 Å². The van der Waals surface area contributed by atoms with Crippen molar-refractivity contribution in [2.24, 2.45) is 0 Å². The second-order valence-electron chi connectivity index (χ2n) is 4.76. The van der Waals surface area contributed by atoms with Gasteiger partial charge in [0.25, 0.3) is 0 Å². The summed E-state index contributed by atoms with van der Waals surface area (Å²) in [5.74, 6) is 0.0723. The van der Waals surface area contributed by atoms with Crippen LogP contribution in [0.1, 0.15) is 0 Å². The van der Waals surface area contributed by atoms with Gasteiger partial charge in [0.2, 0.25) is 0 Å². The number of nitrogens with one attached hydrogen (secondary N) is 2. The third-order valence-electron chi connectivity index (χ3n) is 2.88. The van der Waals surface area contributed by atoms with E-state index in [9.17, 15) is 9.59 Å². The number of carbonyl (C=O) groups is 2. The van der Waals surface area contributed by atoms with Gasteiger partial charge < -0.3 is 10.6 Å². The molecule has 2 rings (SSSR count). The molecule has 2 N–H and O–H groups in total. The van der Waals surface area contributed by atoms with Gasteiger partial charge in [0.1, 0.15) is 0 Å². The standard InChI is InChI=1S/2C10H11NO.Ni/c2*1-2-7-11-8-9-5-3-4-6-10(9)12;/h2*2-6,8,11H,1,7H2;. The van der Waals surface area contributed by atoms with Crippen LogP contribution in [0.3, 0.4) is 0 Å². The van der Waals surface area contributed by atoms with Crippen molar-refractivity contribution < 1.29 is 26.1 Å². The fraction of sp³-hybridized carbons (Fsp3) is 0.100. The van der Waals surface area contributed by atoms with Gasteiger partial charge >= 0.3 is 0 Å². The molecule has 0 amide bonds. The summed E-state index contributed by atoms with van der Waals surface area (Å²) in [5, 5.41) is 5.90. The van der Waals surface area contributed by atoms with Crippen LogP contribution in [0.15, 0.2) is 97.5 Å². The molecule has 0 fully saturated rings. The number of hydrogen-bond acceptors (Lipinski definition) is 4. The van der Waals surface area contributed by atoms with Crippen molar-refractivity contribution in [2.75, 3.05) is 13.1 Å². The first-order valence-corrected chi connectivity index (χ1v) is 7.56. The van der Waals surface area contributed by atoms with Crippen molar-refractivity contribution in [1.29, 1.82) is 0 Å². The molecule has 0 saturated heterocycles. The zero-order chi connectivity index (χ0) is 17.6. The molecule has 0 spiro atoms. The Balaban J connectivity index is 0.000000443. The number of allylic oxidation sites excluding steroid dienone is 10. The van der Waals surface area contributed by atoms with Gasteiger partial charge in [0, 0.05) is 53.1 Å². The first kappa shape index (κ1) is 22.4. The Hall–Kier alpha value is -2.65. The minimum absolute atomic E-state index is 0. The van der Waals surface area contributed by atoms with Crippen LogP contribution in [-0.2, 0) is 26.1 Å². The maximum Gasteiger partial charge on any atom is 0.187 e. The minimum Gasteiger partial charge on any atom is -0.387 e. The van der Waals surface area contributed by atoms with Crippen LogP contribution in [0.2, 0.25) is 0 Å². The molecule has 0 aromatic carbocycles. The Morgan fingerprint density at radius 3 is 1.40 bits per heavy atom. The molecule has 0 unspecified atom stereocenters. The molecule has 0 atom stereocenters. The zero-order valence-corrected chi connectivity index (χ0v) is 14.9. The van der Waals surface area contributed by atoms with Gasteiger partial charge in [0.05, 0.1) is 0 Å². The van der Waals surface area contributed by atoms with Crippen LogP contribution >= 0.6 is 0 Å². The third-order valence-corrected chi connectivity index (χ3v) is 2.88. The summed E-state index contributed by atoms with van der Waals surface area (Å²) < 4.78 is 0. The number of ketones is 2. The van der Waals surface area contributed by atoms with Gasteiger partial charge in [-0.15, -0.1) is 13.2 Å². The van der Waals surface area contributed by atoms with Crippen LogP contribution in [0.25, 0.3) is 0 Å². The van der Waals surface area contributed by atoms with E-state index in [4.69, 9.17) is 0 Å². The molecule has 0 aromatic rings. The summed E-state index contributed by atoms with van der Waals surface area (Å²) in [6, 6.07) is 0. The molecule has 5 heteroatoms. The van der Waals surface area contributed by atoms with E-state index in [-0.39, 0.29) is 28.1 Å². The van der Waals surface area contributed by atoms with Crippen molar-refractivity contribution in [2.45, 2.75) is 0 Å². The van der Waals surface area contributed by atoms with E-state index in [1.54, 1.807) is 61.0 Å². The van der Waals surface area contributed by atoms with E-state index < -0.39 is 0 Å². The summed E-state index contributed by atoms with van der Waals surface area (Å²) in [5.41, 5.74) is 1.36. The average molecular weight is 381 g/mol. The second-order valence-corrected chi connectivity index (χ2v) is 4.76. The predicted molar refractivity (Wildman–Crippen MR) is 99.1 cm³/mol. The van der Waals surface area contributed by atoms with Gasteiger partial charge in [-0.1, -0.05) is 36.5 Å². The van der Waals surface area contributed by atoms with Crippen molar-refractivity contribution in [3.8, 4) is 0 Å². The largest absolute Gasteiger partial charge is 0.387 e. The molecule has 134 valence electrons. The Morgan fingerprint density at radius 2 is 1.08 bits per heavy atom. The molecule has 4 nitrogen and oxygen atoms in total. The average Bonchev–Trinajstić information content (AvgIpc) is 2.59. The molecule has 25 heavy (non-hydrogen) atoms. The number of carbonyl (C=O) groups excluding carboxylic acids is 2. The monoisotopic (exact) mass is 380 g/mol. The van der Waals surface area contributed by atoms with Crippen molar-refractivity contribution >= 4 is 11.6 Å².